The number of nitrogens with two attached hydrogens (primary N) is 2. The second-order valence-electron chi connectivity index (χ2n) is 3.70. The summed E-state index contributed by atoms with van der Waals surface area (Å²) in [7, 11) is 0. The summed E-state index contributed by atoms with van der Waals surface area (Å²) in [5.74, 6) is -0.522. The average Bonchev–Trinajstić information content (AvgIpc) is 2.34. The fourth-order valence-electron chi connectivity index (χ4n) is 1.44. The van der Waals surface area contributed by atoms with Crippen LogP contribution in [-0.2, 0) is 0 Å². The first-order valence-electron chi connectivity index (χ1n) is 5.13. The topological polar surface area (TPSA) is 74.2 Å². The van der Waals surface area contributed by atoms with Gasteiger partial charge in [0, 0.05) is 6.20 Å². The molecule has 0 atom stereocenters. The summed E-state index contributed by atoms with van der Waals surface area (Å²) in [6.45, 7) is 1.74. The number of ether oxygens (including phenoxy) is 1. The Labute approximate surface area is 108 Å². The van der Waals surface area contributed by atoms with E-state index in [9.17, 15) is 4.39 Å². The van der Waals surface area contributed by atoms with E-state index in [-0.39, 0.29) is 22.1 Å². The molecule has 0 saturated carbocycles. The lowest BCUT2D eigenvalue weighted by molar-refractivity contribution is 0.440. The number of anilines is 2. The first-order chi connectivity index (χ1) is 8.50. The molecule has 4 nitrogen and oxygen atoms in total. The van der Waals surface area contributed by atoms with Crippen LogP contribution in [0.3, 0.4) is 0 Å². The SMILES string of the molecule is Cc1ncccc1Oc1c(N)cc(N)c(Cl)c1F. The quantitative estimate of drug-likeness (QED) is 0.820. The van der Waals surface area contributed by atoms with Crippen molar-refractivity contribution in [1.82, 2.24) is 4.98 Å². The number of benzene rings is 1. The molecule has 0 unspecified atom stereocenters. The average molecular weight is 268 g/mol. The van der Waals surface area contributed by atoms with Crippen molar-refractivity contribution in [3.8, 4) is 11.5 Å². The highest BCUT2D eigenvalue weighted by molar-refractivity contribution is 6.33. The maximum atomic E-state index is 13.9. The maximum absolute atomic E-state index is 13.9. The third-order valence-corrected chi connectivity index (χ3v) is 2.77. The van der Waals surface area contributed by atoms with Gasteiger partial charge in [-0.2, -0.15) is 0 Å². The van der Waals surface area contributed by atoms with Gasteiger partial charge in [0.15, 0.2) is 11.6 Å². The highest BCUT2D eigenvalue weighted by Crippen LogP contribution is 2.38. The molecule has 0 aliphatic carbocycles. The Bertz CT molecular complexity index is 604. The van der Waals surface area contributed by atoms with Crippen LogP contribution in [0, 0.1) is 12.7 Å². The van der Waals surface area contributed by atoms with E-state index in [1.54, 1.807) is 25.3 Å². The number of halogens is 2. The molecule has 18 heavy (non-hydrogen) atoms. The molecule has 0 saturated heterocycles. The molecule has 0 amide bonds. The fourth-order valence-corrected chi connectivity index (χ4v) is 1.58. The summed E-state index contributed by atoms with van der Waals surface area (Å²) >= 11 is 5.71. The molecule has 0 aliphatic heterocycles. The third kappa shape index (κ3) is 2.17. The van der Waals surface area contributed by atoms with Crippen LogP contribution in [0.25, 0.3) is 0 Å². The van der Waals surface area contributed by atoms with Crippen LogP contribution < -0.4 is 16.2 Å². The number of hydrogen-bond acceptors (Lipinski definition) is 4. The van der Waals surface area contributed by atoms with Crippen LogP contribution in [0.5, 0.6) is 11.5 Å². The largest absolute Gasteiger partial charge is 0.450 e. The van der Waals surface area contributed by atoms with E-state index in [2.05, 4.69) is 4.98 Å². The van der Waals surface area contributed by atoms with Gasteiger partial charge in [0.2, 0.25) is 0 Å². The van der Waals surface area contributed by atoms with Crippen molar-refractivity contribution < 1.29 is 9.13 Å². The molecule has 0 spiro atoms. The van der Waals surface area contributed by atoms with E-state index >= 15 is 0 Å². The van der Waals surface area contributed by atoms with Gasteiger partial charge in [0.25, 0.3) is 0 Å². The molecule has 2 rings (SSSR count). The number of pyridine rings is 1. The predicted octanol–water partition coefficient (Wildman–Crippen LogP) is 3.14. The number of aromatic nitrogens is 1. The van der Waals surface area contributed by atoms with E-state index in [0.717, 1.165) is 0 Å². The third-order valence-electron chi connectivity index (χ3n) is 2.39. The molecule has 0 radical (unpaired) electrons. The molecule has 94 valence electrons. The summed E-state index contributed by atoms with van der Waals surface area (Å²) in [6.07, 6.45) is 1.61. The molecule has 0 aliphatic rings. The Morgan fingerprint density at radius 2 is 2.06 bits per heavy atom. The van der Waals surface area contributed by atoms with Crippen molar-refractivity contribution in [2.45, 2.75) is 6.92 Å². The molecule has 4 N–H and O–H groups in total. The van der Waals surface area contributed by atoms with Crippen molar-refractivity contribution in [2.75, 3.05) is 11.5 Å². The monoisotopic (exact) mass is 267 g/mol. The van der Waals surface area contributed by atoms with Crippen molar-refractivity contribution in [3.63, 3.8) is 0 Å². The molecular weight excluding hydrogens is 257 g/mol. The summed E-state index contributed by atoms with van der Waals surface area (Å²) < 4.78 is 19.3. The fraction of sp³-hybridized carbons (Fsp3) is 0.0833. The van der Waals surface area contributed by atoms with Gasteiger partial charge < -0.3 is 16.2 Å². The highest BCUT2D eigenvalue weighted by atomic mass is 35.5. The van der Waals surface area contributed by atoms with Crippen LogP contribution >= 0.6 is 11.6 Å². The van der Waals surface area contributed by atoms with Crippen LogP contribution in [0.1, 0.15) is 5.69 Å². The van der Waals surface area contributed by atoms with E-state index in [1.807, 2.05) is 0 Å². The minimum atomic E-state index is -0.780. The summed E-state index contributed by atoms with van der Waals surface area (Å²) in [4.78, 5) is 4.03. The summed E-state index contributed by atoms with van der Waals surface area (Å²) in [6, 6.07) is 4.69. The highest BCUT2D eigenvalue weighted by Gasteiger charge is 2.17. The minimum absolute atomic E-state index is 0.0712. The van der Waals surface area contributed by atoms with E-state index < -0.39 is 5.82 Å². The molecular formula is C12H11ClFN3O. The maximum Gasteiger partial charge on any atom is 0.188 e. The number of aryl methyl sites for hydroxylation is 1. The number of nitrogens with zero attached hydrogens (tertiary/aromatic N) is 1. The van der Waals surface area contributed by atoms with Gasteiger partial charge in [-0.3, -0.25) is 4.98 Å². The zero-order chi connectivity index (χ0) is 13.3. The van der Waals surface area contributed by atoms with Crippen molar-refractivity contribution in [1.29, 1.82) is 0 Å². The lowest BCUT2D eigenvalue weighted by Gasteiger charge is -2.12. The van der Waals surface area contributed by atoms with E-state index in [4.69, 9.17) is 27.8 Å². The lowest BCUT2D eigenvalue weighted by Crippen LogP contribution is -2.00. The van der Waals surface area contributed by atoms with Crippen LogP contribution in [0.4, 0.5) is 15.8 Å². The second-order valence-corrected chi connectivity index (χ2v) is 4.08. The van der Waals surface area contributed by atoms with Crippen LogP contribution in [0.2, 0.25) is 5.02 Å². The Kier molecular flexibility index (Phi) is 3.25. The minimum Gasteiger partial charge on any atom is -0.450 e. The van der Waals surface area contributed by atoms with Gasteiger partial charge in [0.05, 0.1) is 17.1 Å². The zero-order valence-corrected chi connectivity index (χ0v) is 10.3. The first-order valence-corrected chi connectivity index (χ1v) is 5.51. The molecule has 6 heteroatoms. The Balaban J connectivity index is 2.47. The Morgan fingerprint density at radius 1 is 1.33 bits per heavy atom. The van der Waals surface area contributed by atoms with Gasteiger partial charge >= 0.3 is 0 Å². The van der Waals surface area contributed by atoms with Crippen molar-refractivity contribution in [2.24, 2.45) is 0 Å². The van der Waals surface area contributed by atoms with Gasteiger partial charge in [-0.1, -0.05) is 11.6 Å². The van der Waals surface area contributed by atoms with Crippen LogP contribution in [0.15, 0.2) is 24.4 Å². The number of hydrogen-bond donors (Lipinski definition) is 2. The van der Waals surface area contributed by atoms with Crippen molar-refractivity contribution in [3.05, 3.63) is 40.9 Å². The predicted molar refractivity (Wildman–Crippen MR) is 69.3 cm³/mol. The van der Waals surface area contributed by atoms with E-state index in [1.165, 1.54) is 6.07 Å². The Hall–Kier alpha value is -2.01. The number of rotatable bonds is 2. The van der Waals surface area contributed by atoms with Gasteiger partial charge in [-0.05, 0) is 25.1 Å². The zero-order valence-electron chi connectivity index (χ0n) is 9.58. The Morgan fingerprint density at radius 3 is 2.72 bits per heavy atom. The lowest BCUT2D eigenvalue weighted by atomic mass is 10.2. The normalized spacial score (nSPS) is 10.4. The number of nitrogen functional groups attached to an aromatic ring is 2. The first kappa shape index (κ1) is 12.4. The van der Waals surface area contributed by atoms with Crippen molar-refractivity contribution >= 4 is 23.0 Å². The molecule has 2 aromatic rings. The standard InChI is InChI=1S/C12H11ClFN3O/c1-6-9(3-2-4-17-6)18-12-8(16)5-7(15)10(13)11(12)14/h2-5H,15-16H2,1H3. The van der Waals surface area contributed by atoms with Crippen LogP contribution in [-0.4, -0.2) is 4.98 Å². The smallest absolute Gasteiger partial charge is 0.188 e. The van der Waals surface area contributed by atoms with Gasteiger partial charge in [-0.15, -0.1) is 0 Å². The molecule has 1 heterocycles. The van der Waals surface area contributed by atoms with Gasteiger partial charge in [-0.25, -0.2) is 4.39 Å². The van der Waals surface area contributed by atoms with Gasteiger partial charge in [0.1, 0.15) is 10.8 Å². The molecule has 0 bridgehead atoms. The summed E-state index contributed by atoms with van der Waals surface area (Å²) in [5, 5.41) is -0.208. The molecule has 1 aromatic heterocycles. The summed E-state index contributed by atoms with van der Waals surface area (Å²) in [5.41, 5.74) is 11.9. The van der Waals surface area contributed by atoms with E-state index in [0.29, 0.717) is 11.4 Å². The molecule has 0 fully saturated rings. The molecule has 1 aromatic carbocycles. The second kappa shape index (κ2) is 4.70.